The van der Waals surface area contributed by atoms with Crippen LogP contribution >= 0.6 is 23.2 Å². The minimum Gasteiger partial charge on any atom is -0.367 e. The van der Waals surface area contributed by atoms with E-state index < -0.39 is 0 Å². The van der Waals surface area contributed by atoms with Gasteiger partial charge in [-0.15, -0.1) is 0 Å². The first-order valence-corrected chi connectivity index (χ1v) is 9.00. The normalized spacial score (nSPS) is 13.6. The summed E-state index contributed by atoms with van der Waals surface area (Å²) in [5, 5.41) is 3.94. The van der Waals surface area contributed by atoms with E-state index in [0.29, 0.717) is 35.6 Å². The van der Waals surface area contributed by atoms with Crippen LogP contribution in [0.1, 0.15) is 24.8 Å². The number of benzene rings is 2. The fourth-order valence-corrected chi connectivity index (χ4v) is 2.85. The molecule has 0 atom stereocenters. The maximum Gasteiger partial charge on any atom is 0.221 e. The number of carbonyl (C=O) groups excluding carboxylic acids is 1. The molecule has 25 heavy (non-hydrogen) atoms. The van der Waals surface area contributed by atoms with E-state index in [0.717, 1.165) is 24.1 Å². The Morgan fingerprint density at radius 3 is 2.48 bits per heavy atom. The highest BCUT2D eigenvalue weighted by Gasteiger charge is 2.23. The highest BCUT2D eigenvalue weighted by Crippen LogP contribution is 2.28. The summed E-state index contributed by atoms with van der Waals surface area (Å²) in [5.74, 6) is -0.222. The molecule has 0 aromatic heterocycles. The van der Waals surface area contributed by atoms with Crippen molar-refractivity contribution < 1.29 is 9.18 Å². The van der Waals surface area contributed by atoms with Gasteiger partial charge in [0, 0.05) is 31.2 Å². The second kappa shape index (κ2) is 8.07. The summed E-state index contributed by atoms with van der Waals surface area (Å²) in [6.45, 7) is 1.09. The zero-order valence-electron chi connectivity index (χ0n) is 13.6. The molecule has 3 rings (SSSR count). The van der Waals surface area contributed by atoms with Crippen molar-refractivity contribution >= 4 is 34.8 Å². The van der Waals surface area contributed by atoms with E-state index in [1.165, 1.54) is 12.1 Å². The third-order valence-corrected chi connectivity index (χ3v) is 4.85. The molecule has 0 heterocycles. The SMILES string of the molecule is O=C(CCN(Cc1ccc(F)cc1)c1ccc(Cl)c(Cl)c1)NC1CC1. The smallest absolute Gasteiger partial charge is 0.221 e. The van der Waals surface area contributed by atoms with E-state index >= 15 is 0 Å². The first-order valence-electron chi connectivity index (χ1n) is 8.25. The maximum absolute atomic E-state index is 13.1. The minimum absolute atomic E-state index is 0.0478. The highest BCUT2D eigenvalue weighted by atomic mass is 35.5. The fourth-order valence-electron chi connectivity index (χ4n) is 2.56. The van der Waals surface area contributed by atoms with Gasteiger partial charge in [0.1, 0.15) is 5.82 Å². The molecular weight excluding hydrogens is 362 g/mol. The summed E-state index contributed by atoms with van der Waals surface area (Å²) in [4.78, 5) is 14.1. The van der Waals surface area contributed by atoms with Crippen molar-refractivity contribution in [1.82, 2.24) is 5.32 Å². The number of anilines is 1. The largest absolute Gasteiger partial charge is 0.367 e. The lowest BCUT2D eigenvalue weighted by atomic mass is 10.1. The third kappa shape index (κ3) is 5.35. The van der Waals surface area contributed by atoms with Crippen LogP contribution in [0.25, 0.3) is 0 Å². The predicted octanol–water partition coefficient (Wildman–Crippen LogP) is 4.81. The molecule has 1 amide bonds. The zero-order chi connectivity index (χ0) is 17.8. The van der Waals surface area contributed by atoms with Crippen LogP contribution in [-0.4, -0.2) is 18.5 Å². The van der Waals surface area contributed by atoms with Crippen LogP contribution in [0, 0.1) is 5.82 Å². The Bertz CT molecular complexity index is 748. The van der Waals surface area contributed by atoms with E-state index in [1.54, 1.807) is 24.3 Å². The van der Waals surface area contributed by atoms with Crippen molar-refractivity contribution in [2.24, 2.45) is 0 Å². The molecule has 0 radical (unpaired) electrons. The lowest BCUT2D eigenvalue weighted by Gasteiger charge is -2.25. The van der Waals surface area contributed by atoms with Gasteiger partial charge in [0.25, 0.3) is 0 Å². The summed E-state index contributed by atoms with van der Waals surface area (Å²) < 4.78 is 13.1. The Morgan fingerprint density at radius 1 is 1.12 bits per heavy atom. The molecule has 2 aromatic carbocycles. The average molecular weight is 381 g/mol. The van der Waals surface area contributed by atoms with Crippen molar-refractivity contribution in [2.45, 2.75) is 31.8 Å². The van der Waals surface area contributed by atoms with Crippen LogP contribution in [0.5, 0.6) is 0 Å². The van der Waals surface area contributed by atoms with Gasteiger partial charge in [-0.2, -0.15) is 0 Å². The molecule has 1 fully saturated rings. The first-order chi connectivity index (χ1) is 12.0. The molecule has 0 unspecified atom stereocenters. The van der Waals surface area contributed by atoms with Gasteiger partial charge in [-0.1, -0.05) is 35.3 Å². The van der Waals surface area contributed by atoms with Gasteiger partial charge < -0.3 is 10.2 Å². The van der Waals surface area contributed by atoms with Gasteiger partial charge >= 0.3 is 0 Å². The second-order valence-corrected chi connectivity index (χ2v) is 7.05. The number of carbonyl (C=O) groups is 1. The molecule has 132 valence electrons. The number of rotatable bonds is 7. The topological polar surface area (TPSA) is 32.3 Å². The monoisotopic (exact) mass is 380 g/mol. The molecule has 2 aromatic rings. The van der Waals surface area contributed by atoms with Crippen LogP contribution in [0.4, 0.5) is 10.1 Å². The first kappa shape index (κ1) is 18.0. The Balaban J connectivity index is 1.72. The van der Waals surface area contributed by atoms with Gasteiger partial charge in [0.15, 0.2) is 0 Å². The molecule has 1 aliphatic carbocycles. The van der Waals surface area contributed by atoms with Crippen molar-refractivity contribution in [3.05, 3.63) is 63.9 Å². The van der Waals surface area contributed by atoms with E-state index in [9.17, 15) is 9.18 Å². The van der Waals surface area contributed by atoms with Crippen LogP contribution < -0.4 is 10.2 Å². The molecule has 1 aliphatic rings. The fraction of sp³-hybridized carbons (Fsp3) is 0.316. The molecule has 1 N–H and O–H groups in total. The quantitative estimate of drug-likeness (QED) is 0.747. The maximum atomic E-state index is 13.1. The van der Waals surface area contributed by atoms with Crippen LogP contribution in [0.15, 0.2) is 42.5 Å². The number of amides is 1. The molecule has 0 bridgehead atoms. The van der Waals surface area contributed by atoms with Crippen molar-refractivity contribution in [3.8, 4) is 0 Å². The molecule has 0 spiro atoms. The lowest BCUT2D eigenvalue weighted by Crippen LogP contribution is -2.31. The molecular formula is C19H19Cl2FN2O. The number of hydrogen-bond donors (Lipinski definition) is 1. The minimum atomic E-state index is -0.270. The summed E-state index contributed by atoms with van der Waals surface area (Å²) >= 11 is 12.1. The summed E-state index contributed by atoms with van der Waals surface area (Å²) in [5.41, 5.74) is 1.83. The molecule has 6 heteroatoms. The summed E-state index contributed by atoms with van der Waals surface area (Å²) in [7, 11) is 0. The summed E-state index contributed by atoms with van der Waals surface area (Å²) in [6.07, 6.45) is 2.52. The standard InChI is InChI=1S/C19H19Cl2FN2O/c20-17-8-7-16(11-18(17)21)24(10-9-19(25)23-15-5-6-15)12-13-1-3-14(22)4-2-13/h1-4,7-8,11,15H,5-6,9-10,12H2,(H,23,25). The summed E-state index contributed by atoms with van der Waals surface area (Å²) in [6, 6.07) is 12.1. The van der Waals surface area contributed by atoms with Crippen LogP contribution in [0.3, 0.4) is 0 Å². The Kier molecular flexibility index (Phi) is 5.82. The highest BCUT2D eigenvalue weighted by molar-refractivity contribution is 6.42. The Morgan fingerprint density at radius 2 is 1.84 bits per heavy atom. The molecule has 1 saturated carbocycles. The van der Waals surface area contributed by atoms with E-state index in [2.05, 4.69) is 5.32 Å². The van der Waals surface area contributed by atoms with Crippen molar-refractivity contribution in [3.63, 3.8) is 0 Å². The second-order valence-electron chi connectivity index (χ2n) is 6.24. The zero-order valence-corrected chi connectivity index (χ0v) is 15.2. The number of halogens is 3. The van der Waals surface area contributed by atoms with E-state index in [-0.39, 0.29) is 11.7 Å². The number of nitrogens with one attached hydrogen (secondary N) is 1. The lowest BCUT2D eigenvalue weighted by molar-refractivity contribution is -0.121. The van der Waals surface area contributed by atoms with Crippen molar-refractivity contribution in [2.75, 3.05) is 11.4 Å². The van der Waals surface area contributed by atoms with Crippen molar-refractivity contribution in [1.29, 1.82) is 0 Å². The van der Waals surface area contributed by atoms with Gasteiger partial charge in [-0.3, -0.25) is 4.79 Å². The van der Waals surface area contributed by atoms with E-state index in [1.807, 2.05) is 11.0 Å². The molecule has 0 aliphatic heterocycles. The third-order valence-electron chi connectivity index (χ3n) is 4.11. The van der Waals surface area contributed by atoms with Gasteiger partial charge in [0.05, 0.1) is 10.0 Å². The van der Waals surface area contributed by atoms with Gasteiger partial charge in [-0.25, -0.2) is 4.39 Å². The van der Waals surface area contributed by atoms with Gasteiger partial charge in [-0.05, 0) is 48.7 Å². The van der Waals surface area contributed by atoms with Gasteiger partial charge in [0.2, 0.25) is 5.91 Å². The number of hydrogen-bond acceptors (Lipinski definition) is 2. The Labute approximate surface area is 156 Å². The van der Waals surface area contributed by atoms with Crippen LogP contribution in [0.2, 0.25) is 10.0 Å². The number of nitrogens with zero attached hydrogens (tertiary/aromatic N) is 1. The molecule has 3 nitrogen and oxygen atoms in total. The van der Waals surface area contributed by atoms with Crippen LogP contribution in [-0.2, 0) is 11.3 Å². The molecule has 0 saturated heterocycles. The van der Waals surface area contributed by atoms with E-state index in [4.69, 9.17) is 23.2 Å². The predicted molar refractivity (Wildman–Crippen MR) is 99.7 cm³/mol. The Hall–Kier alpha value is -1.78. The average Bonchev–Trinajstić information content (AvgIpc) is 3.40.